The van der Waals surface area contributed by atoms with Gasteiger partial charge in [-0.3, -0.25) is 14.3 Å². The van der Waals surface area contributed by atoms with Crippen LogP contribution in [0.4, 0.5) is 5.69 Å². The number of benzene rings is 1. The molecule has 0 saturated heterocycles. The summed E-state index contributed by atoms with van der Waals surface area (Å²) in [5, 5.41) is 4.39. The number of ether oxygens (including phenoxy) is 2. The Balaban J connectivity index is 1.99. The highest BCUT2D eigenvalue weighted by Crippen LogP contribution is 2.23. The van der Waals surface area contributed by atoms with Gasteiger partial charge in [-0.2, -0.15) is 0 Å². The topological polar surface area (TPSA) is 111 Å². The smallest absolute Gasteiger partial charge is 0.307 e. The molecule has 0 aliphatic heterocycles. The van der Waals surface area contributed by atoms with Gasteiger partial charge in [-0.15, -0.1) is 11.3 Å². The molecular formula is C19H24N2O6S2. The number of hydrogen-bond acceptors (Lipinski definition) is 7. The summed E-state index contributed by atoms with van der Waals surface area (Å²) in [7, 11) is -2.68. The Morgan fingerprint density at radius 3 is 2.38 bits per heavy atom. The molecule has 0 saturated carbocycles. The standard InChI is InChI=1S/C19H24N2O6S2/c1-13(2)27-15-8-6-14(7-9-15)21-29(24,25)12-18(22)20-16(11-19(23)26-3)17-5-4-10-28-17/h4-10,13,16,21H,11-12H2,1-3H3,(H,20,22). The SMILES string of the molecule is COC(=O)CC(NC(=O)CS(=O)(=O)Nc1ccc(OC(C)C)cc1)c1cccs1. The minimum Gasteiger partial charge on any atom is -0.491 e. The van der Waals surface area contributed by atoms with Crippen molar-refractivity contribution in [1.29, 1.82) is 0 Å². The van der Waals surface area contributed by atoms with Crippen LogP contribution in [0.25, 0.3) is 0 Å². The van der Waals surface area contributed by atoms with Crippen molar-refractivity contribution in [2.24, 2.45) is 0 Å². The Kier molecular flexibility index (Phi) is 8.03. The van der Waals surface area contributed by atoms with Gasteiger partial charge in [0.2, 0.25) is 15.9 Å². The fourth-order valence-corrected chi connectivity index (χ4v) is 4.23. The molecule has 1 heterocycles. The molecule has 0 radical (unpaired) electrons. The van der Waals surface area contributed by atoms with Crippen molar-refractivity contribution >= 4 is 38.9 Å². The van der Waals surface area contributed by atoms with Gasteiger partial charge in [0.05, 0.1) is 25.7 Å². The molecule has 8 nitrogen and oxygen atoms in total. The van der Waals surface area contributed by atoms with Crippen molar-refractivity contribution in [3.8, 4) is 5.75 Å². The molecule has 10 heteroatoms. The quantitative estimate of drug-likeness (QED) is 0.550. The lowest BCUT2D eigenvalue weighted by molar-refractivity contribution is -0.141. The van der Waals surface area contributed by atoms with Crippen LogP contribution in [-0.2, 0) is 24.3 Å². The minimum atomic E-state index is -3.93. The summed E-state index contributed by atoms with van der Waals surface area (Å²) in [6, 6.07) is 9.27. The molecule has 1 atom stereocenters. The first-order valence-electron chi connectivity index (χ1n) is 8.85. The molecular weight excluding hydrogens is 416 g/mol. The van der Waals surface area contributed by atoms with E-state index in [1.165, 1.54) is 18.4 Å². The first-order chi connectivity index (χ1) is 13.7. The number of hydrogen-bond donors (Lipinski definition) is 2. The zero-order valence-corrected chi connectivity index (χ0v) is 18.0. The highest BCUT2D eigenvalue weighted by atomic mass is 32.2. The summed E-state index contributed by atoms with van der Waals surface area (Å²) in [5.74, 6) is -1.39. The van der Waals surface area contributed by atoms with Crippen LogP contribution in [0.15, 0.2) is 41.8 Å². The third-order valence-corrected chi connectivity index (χ3v) is 5.82. The van der Waals surface area contributed by atoms with Crippen LogP contribution in [0.2, 0.25) is 0 Å². The molecule has 0 aliphatic rings. The molecule has 2 N–H and O–H groups in total. The Labute approximate surface area is 174 Å². The van der Waals surface area contributed by atoms with Crippen molar-refractivity contribution in [3.05, 3.63) is 46.7 Å². The molecule has 0 fully saturated rings. The maximum Gasteiger partial charge on any atom is 0.307 e. The monoisotopic (exact) mass is 440 g/mol. The number of nitrogens with one attached hydrogen (secondary N) is 2. The van der Waals surface area contributed by atoms with Gasteiger partial charge < -0.3 is 14.8 Å². The van der Waals surface area contributed by atoms with Gasteiger partial charge in [-0.25, -0.2) is 8.42 Å². The number of methoxy groups -OCH3 is 1. The fourth-order valence-electron chi connectivity index (χ4n) is 2.46. The minimum absolute atomic E-state index is 0.00233. The number of sulfonamides is 1. The van der Waals surface area contributed by atoms with E-state index in [1.807, 2.05) is 13.8 Å². The molecule has 1 aromatic heterocycles. The van der Waals surface area contributed by atoms with E-state index in [-0.39, 0.29) is 12.5 Å². The van der Waals surface area contributed by atoms with Crippen LogP contribution in [0.5, 0.6) is 5.75 Å². The second-order valence-electron chi connectivity index (χ2n) is 6.47. The lowest BCUT2D eigenvalue weighted by Crippen LogP contribution is -2.36. The van der Waals surface area contributed by atoms with Gasteiger partial charge in [0.15, 0.2) is 0 Å². The molecule has 1 amide bonds. The van der Waals surface area contributed by atoms with Gasteiger partial charge >= 0.3 is 5.97 Å². The predicted molar refractivity (Wildman–Crippen MR) is 111 cm³/mol. The second-order valence-corrected chi connectivity index (χ2v) is 9.17. The number of carbonyl (C=O) groups is 2. The highest BCUT2D eigenvalue weighted by molar-refractivity contribution is 7.93. The van der Waals surface area contributed by atoms with E-state index in [2.05, 4.69) is 14.8 Å². The molecule has 0 bridgehead atoms. The Bertz CT molecular complexity index is 909. The van der Waals surface area contributed by atoms with E-state index in [9.17, 15) is 18.0 Å². The number of carbonyl (C=O) groups excluding carboxylic acids is 2. The largest absolute Gasteiger partial charge is 0.491 e. The zero-order chi connectivity index (χ0) is 21.4. The Hall–Kier alpha value is -2.59. The summed E-state index contributed by atoms with van der Waals surface area (Å²) in [5.41, 5.74) is 0.318. The van der Waals surface area contributed by atoms with Crippen LogP contribution >= 0.6 is 11.3 Å². The van der Waals surface area contributed by atoms with Gasteiger partial charge in [-0.1, -0.05) is 6.07 Å². The van der Waals surface area contributed by atoms with Gasteiger partial charge in [0, 0.05) is 10.6 Å². The number of esters is 1. The molecule has 29 heavy (non-hydrogen) atoms. The van der Waals surface area contributed by atoms with Crippen molar-refractivity contribution in [3.63, 3.8) is 0 Å². The number of anilines is 1. The lowest BCUT2D eigenvalue weighted by Gasteiger charge is -2.17. The number of amides is 1. The third-order valence-electron chi connectivity index (χ3n) is 3.64. The van der Waals surface area contributed by atoms with E-state index in [4.69, 9.17) is 4.74 Å². The van der Waals surface area contributed by atoms with Crippen LogP contribution in [-0.4, -0.2) is 39.3 Å². The van der Waals surface area contributed by atoms with E-state index in [1.54, 1.807) is 41.8 Å². The van der Waals surface area contributed by atoms with Crippen LogP contribution in [0, 0.1) is 0 Å². The molecule has 2 rings (SSSR count). The van der Waals surface area contributed by atoms with Gasteiger partial charge in [0.25, 0.3) is 0 Å². The van der Waals surface area contributed by atoms with Gasteiger partial charge in [0.1, 0.15) is 11.5 Å². The van der Waals surface area contributed by atoms with Crippen molar-refractivity contribution in [2.45, 2.75) is 32.4 Å². The first-order valence-corrected chi connectivity index (χ1v) is 11.4. The molecule has 1 aromatic carbocycles. The summed E-state index contributed by atoms with van der Waals surface area (Å²) in [4.78, 5) is 24.6. The maximum atomic E-state index is 12.3. The maximum absolute atomic E-state index is 12.3. The zero-order valence-electron chi connectivity index (χ0n) is 16.4. The molecule has 0 aliphatic carbocycles. The highest BCUT2D eigenvalue weighted by Gasteiger charge is 2.23. The summed E-state index contributed by atoms with van der Waals surface area (Å²) in [6.45, 7) is 3.78. The van der Waals surface area contributed by atoms with E-state index >= 15 is 0 Å². The molecule has 2 aromatic rings. The lowest BCUT2D eigenvalue weighted by atomic mass is 10.1. The normalized spacial score (nSPS) is 12.3. The van der Waals surface area contributed by atoms with E-state index in [0.717, 1.165) is 4.88 Å². The van der Waals surface area contributed by atoms with Crippen LogP contribution < -0.4 is 14.8 Å². The Morgan fingerprint density at radius 1 is 1.14 bits per heavy atom. The summed E-state index contributed by atoms with van der Waals surface area (Å²) >= 11 is 1.35. The van der Waals surface area contributed by atoms with Crippen LogP contribution in [0.1, 0.15) is 31.2 Å². The fraction of sp³-hybridized carbons (Fsp3) is 0.368. The van der Waals surface area contributed by atoms with E-state index in [0.29, 0.717) is 11.4 Å². The Morgan fingerprint density at radius 2 is 1.83 bits per heavy atom. The summed E-state index contributed by atoms with van der Waals surface area (Å²) in [6.07, 6.45) is -0.0874. The van der Waals surface area contributed by atoms with Gasteiger partial charge in [-0.05, 0) is 49.6 Å². The van der Waals surface area contributed by atoms with E-state index < -0.39 is 33.7 Å². The molecule has 1 unspecified atom stereocenters. The predicted octanol–water partition coefficient (Wildman–Crippen LogP) is 2.70. The first kappa shape index (κ1) is 22.7. The summed E-state index contributed by atoms with van der Waals surface area (Å²) < 4.78 is 37.2. The number of rotatable bonds is 10. The second kappa shape index (κ2) is 10.3. The van der Waals surface area contributed by atoms with Crippen molar-refractivity contribution in [1.82, 2.24) is 5.32 Å². The van der Waals surface area contributed by atoms with Crippen LogP contribution in [0.3, 0.4) is 0 Å². The number of thiophene rings is 1. The van der Waals surface area contributed by atoms with Crippen molar-refractivity contribution in [2.75, 3.05) is 17.6 Å². The average Bonchev–Trinajstić information content (AvgIpc) is 3.16. The average molecular weight is 441 g/mol. The molecule has 158 valence electrons. The molecule has 0 spiro atoms. The third kappa shape index (κ3) is 7.74. The van der Waals surface area contributed by atoms with Crippen molar-refractivity contribution < 1.29 is 27.5 Å².